The van der Waals surface area contributed by atoms with Crippen LogP contribution in [0.2, 0.25) is 0 Å². The first kappa shape index (κ1) is 19.2. The van der Waals surface area contributed by atoms with Crippen LogP contribution in [0.5, 0.6) is 0 Å². The first-order valence-electron chi connectivity index (χ1n) is 10.5. The number of aromatic nitrogens is 1. The van der Waals surface area contributed by atoms with E-state index < -0.39 is 0 Å². The van der Waals surface area contributed by atoms with E-state index in [1.54, 1.807) is 0 Å². The van der Waals surface area contributed by atoms with Crippen molar-refractivity contribution in [3.8, 4) is 0 Å². The Kier molecular flexibility index (Phi) is 5.62. The minimum Gasteiger partial charge on any atom is -0.378 e. The molecule has 0 unspecified atom stereocenters. The van der Waals surface area contributed by atoms with Crippen LogP contribution in [0, 0.1) is 0 Å². The van der Waals surface area contributed by atoms with Gasteiger partial charge in [-0.2, -0.15) is 0 Å². The van der Waals surface area contributed by atoms with Gasteiger partial charge in [-0.1, -0.05) is 49.7 Å². The zero-order chi connectivity index (χ0) is 20.2. The molecule has 0 aliphatic heterocycles. The van der Waals surface area contributed by atoms with Crippen LogP contribution in [0.3, 0.4) is 0 Å². The molecule has 146 valence electrons. The standard InChI is InChI=1S/C27H29N2/c1-4-5-16-29-17-14-22(15-18-29)27-20-23(25-8-6-7-9-26(25)27)19-21-10-12-24(13-11-21)28(2)3/h6-15,17-20H,4-5,16H2,1-3H3/q+1. The maximum Gasteiger partial charge on any atom is 0.169 e. The van der Waals surface area contributed by atoms with E-state index in [1.165, 1.54) is 51.9 Å². The van der Waals surface area contributed by atoms with Gasteiger partial charge in [0.15, 0.2) is 12.4 Å². The molecule has 2 nitrogen and oxygen atoms in total. The number of benzene rings is 2. The van der Waals surface area contributed by atoms with E-state index in [-0.39, 0.29) is 0 Å². The maximum absolute atomic E-state index is 2.33. The predicted octanol–water partition coefficient (Wildman–Crippen LogP) is 5.83. The molecule has 2 aromatic carbocycles. The first-order chi connectivity index (χ1) is 14.2. The zero-order valence-corrected chi connectivity index (χ0v) is 17.6. The van der Waals surface area contributed by atoms with E-state index in [0.717, 1.165) is 6.54 Å². The first-order valence-corrected chi connectivity index (χ1v) is 10.5. The third-order valence-electron chi connectivity index (χ3n) is 5.53. The van der Waals surface area contributed by atoms with Crippen molar-refractivity contribution in [3.05, 3.63) is 101 Å². The Bertz CT molecular complexity index is 1040. The van der Waals surface area contributed by atoms with Gasteiger partial charge in [0.05, 0.1) is 0 Å². The van der Waals surface area contributed by atoms with Gasteiger partial charge in [-0.3, -0.25) is 0 Å². The van der Waals surface area contributed by atoms with Gasteiger partial charge in [0.1, 0.15) is 6.54 Å². The topological polar surface area (TPSA) is 7.12 Å². The average molecular weight is 382 g/mol. The van der Waals surface area contributed by atoms with Crippen LogP contribution in [0.4, 0.5) is 5.69 Å². The Balaban J connectivity index is 1.68. The predicted molar refractivity (Wildman–Crippen MR) is 124 cm³/mol. The van der Waals surface area contributed by atoms with E-state index in [1.807, 2.05) is 0 Å². The van der Waals surface area contributed by atoms with Crippen LogP contribution in [0.15, 0.2) is 79.1 Å². The lowest BCUT2D eigenvalue weighted by Crippen LogP contribution is -2.32. The summed E-state index contributed by atoms with van der Waals surface area (Å²) in [4.78, 5) is 2.13. The molecule has 0 saturated carbocycles. The number of nitrogens with zero attached hydrogens (tertiary/aromatic N) is 2. The lowest BCUT2D eigenvalue weighted by atomic mass is 9.99. The number of pyridine rings is 1. The molecule has 0 atom stereocenters. The number of aryl methyl sites for hydroxylation is 1. The van der Waals surface area contributed by atoms with Crippen molar-refractivity contribution in [1.82, 2.24) is 0 Å². The Hall–Kier alpha value is -3.13. The lowest BCUT2D eigenvalue weighted by Gasteiger charge is -2.12. The van der Waals surface area contributed by atoms with Gasteiger partial charge in [-0.25, -0.2) is 4.57 Å². The van der Waals surface area contributed by atoms with Crippen LogP contribution < -0.4 is 9.47 Å². The Labute approximate surface area is 174 Å². The molecule has 0 N–H and O–H groups in total. The molecule has 29 heavy (non-hydrogen) atoms. The molecule has 3 aromatic rings. The SMILES string of the molecule is CCCC[n+]1ccc(C2=C/C(=C/c3ccc(N(C)C)cc3)c3ccccc32)cc1. The van der Waals surface area contributed by atoms with Gasteiger partial charge >= 0.3 is 0 Å². The second-order valence-electron chi connectivity index (χ2n) is 7.87. The highest BCUT2D eigenvalue weighted by Crippen LogP contribution is 2.39. The number of unbranched alkanes of at least 4 members (excludes halogenated alkanes) is 1. The summed E-state index contributed by atoms with van der Waals surface area (Å²) in [6.45, 7) is 3.32. The molecule has 0 saturated heterocycles. The summed E-state index contributed by atoms with van der Waals surface area (Å²) in [7, 11) is 4.14. The Morgan fingerprint density at radius 1 is 0.862 bits per heavy atom. The van der Waals surface area contributed by atoms with Crippen molar-refractivity contribution in [2.75, 3.05) is 19.0 Å². The van der Waals surface area contributed by atoms with Crippen LogP contribution in [0.1, 0.15) is 42.0 Å². The maximum atomic E-state index is 2.33. The summed E-state index contributed by atoms with van der Waals surface area (Å²) < 4.78 is 2.28. The van der Waals surface area contributed by atoms with Crippen LogP contribution >= 0.6 is 0 Å². The zero-order valence-electron chi connectivity index (χ0n) is 17.6. The summed E-state index contributed by atoms with van der Waals surface area (Å²) in [6, 6.07) is 21.9. The fraction of sp³-hybridized carbons (Fsp3) is 0.222. The summed E-state index contributed by atoms with van der Waals surface area (Å²) in [5.41, 5.74) is 8.92. The van der Waals surface area contributed by atoms with Gasteiger partial charge in [0, 0.05) is 38.3 Å². The molecule has 4 rings (SSSR count). The fourth-order valence-electron chi connectivity index (χ4n) is 3.81. The Morgan fingerprint density at radius 2 is 1.55 bits per heavy atom. The lowest BCUT2D eigenvalue weighted by molar-refractivity contribution is -0.697. The highest BCUT2D eigenvalue weighted by atomic mass is 15.1. The minimum atomic E-state index is 1.08. The second kappa shape index (κ2) is 8.48. The van der Waals surface area contributed by atoms with Gasteiger partial charge < -0.3 is 4.90 Å². The van der Waals surface area contributed by atoms with Gasteiger partial charge in [-0.15, -0.1) is 0 Å². The van der Waals surface area contributed by atoms with Gasteiger partial charge in [0.25, 0.3) is 0 Å². The third-order valence-corrected chi connectivity index (χ3v) is 5.53. The van der Waals surface area contributed by atoms with Crippen molar-refractivity contribution >= 4 is 22.9 Å². The second-order valence-corrected chi connectivity index (χ2v) is 7.87. The molecule has 1 aliphatic rings. The highest BCUT2D eigenvalue weighted by molar-refractivity contribution is 6.05. The van der Waals surface area contributed by atoms with E-state index in [2.05, 4.69) is 116 Å². The molecule has 0 bridgehead atoms. The molecule has 0 fully saturated rings. The smallest absolute Gasteiger partial charge is 0.169 e. The summed E-state index contributed by atoms with van der Waals surface area (Å²) in [6.07, 6.45) is 11.5. The number of anilines is 1. The molecule has 1 heterocycles. The quantitative estimate of drug-likeness (QED) is 0.488. The van der Waals surface area contributed by atoms with Crippen molar-refractivity contribution in [3.63, 3.8) is 0 Å². The molecule has 1 aromatic heterocycles. The number of rotatable bonds is 6. The van der Waals surface area contributed by atoms with Crippen molar-refractivity contribution in [1.29, 1.82) is 0 Å². The molecule has 2 heteroatoms. The number of fused-ring (bicyclic) bond motifs is 1. The van der Waals surface area contributed by atoms with Crippen molar-refractivity contribution in [2.24, 2.45) is 0 Å². The molecule has 0 spiro atoms. The monoisotopic (exact) mass is 381 g/mol. The fourth-order valence-corrected chi connectivity index (χ4v) is 3.81. The van der Waals surface area contributed by atoms with Gasteiger partial charge in [-0.05, 0) is 57.7 Å². The molecular formula is C27H29N2+. The number of hydrogen-bond acceptors (Lipinski definition) is 1. The highest BCUT2D eigenvalue weighted by Gasteiger charge is 2.19. The van der Waals surface area contributed by atoms with E-state index in [4.69, 9.17) is 0 Å². The average Bonchev–Trinajstić information content (AvgIpc) is 3.11. The van der Waals surface area contributed by atoms with E-state index in [0.29, 0.717) is 0 Å². The summed E-state index contributed by atoms with van der Waals surface area (Å²) >= 11 is 0. The molecular weight excluding hydrogens is 352 g/mol. The van der Waals surface area contributed by atoms with Gasteiger partial charge in [0.2, 0.25) is 0 Å². The largest absolute Gasteiger partial charge is 0.378 e. The summed E-state index contributed by atoms with van der Waals surface area (Å²) in [5.74, 6) is 0. The van der Waals surface area contributed by atoms with Crippen molar-refractivity contribution < 1.29 is 4.57 Å². The number of hydrogen-bond donors (Lipinski definition) is 0. The molecule has 0 radical (unpaired) electrons. The van der Waals surface area contributed by atoms with Crippen molar-refractivity contribution in [2.45, 2.75) is 26.3 Å². The van der Waals surface area contributed by atoms with Crippen LogP contribution in [0.25, 0.3) is 17.2 Å². The minimum absolute atomic E-state index is 1.08. The molecule has 1 aliphatic carbocycles. The van der Waals surface area contributed by atoms with Crippen LogP contribution in [-0.4, -0.2) is 14.1 Å². The summed E-state index contributed by atoms with van der Waals surface area (Å²) in [5, 5.41) is 0. The van der Waals surface area contributed by atoms with E-state index >= 15 is 0 Å². The van der Waals surface area contributed by atoms with E-state index in [9.17, 15) is 0 Å². The van der Waals surface area contributed by atoms with Crippen LogP contribution in [-0.2, 0) is 6.54 Å². The number of allylic oxidation sites excluding steroid dienone is 2. The normalized spacial score (nSPS) is 14.0. The Morgan fingerprint density at radius 3 is 2.21 bits per heavy atom. The molecule has 0 amide bonds. The third kappa shape index (κ3) is 4.17.